The summed E-state index contributed by atoms with van der Waals surface area (Å²) >= 11 is 0. The number of esters is 2. The Labute approximate surface area is 173 Å². The molecule has 7 nitrogen and oxygen atoms in total. The highest BCUT2D eigenvalue weighted by molar-refractivity contribution is 7.85. The van der Waals surface area contributed by atoms with Gasteiger partial charge in [-0.3, -0.25) is 4.55 Å². The van der Waals surface area contributed by atoms with Crippen LogP contribution in [0.2, 0.25) is 0 Å². The van der Waals surface area contributed by atoms with E-state index in [2.05, 4.69) is 9.47 Å². The number of alkyl halides is 6. The minimum Gasteiger partial charge on any atom is -0.446 e. The average Bonchev–Trinajstić information content (AvgIpc) is 2.58. The largest absolute Gasteiger partial charge is 0.446 e. The fourth-order valence-electron chi connectivity index (χ4n) is 2.12. The first-order chi connectivity index (χ1) is 13.7. The van der Waals surface area contributed by atoms with Gasteiger partial charge >= 0.3 is 24.3 Å². The molecular formula is C17H18F6O7S. The Morgan fingerprint density at radius 1 is 0.839 bits per heavy atom. The molecule has 0 bridgehead atoms. The molecule has 0 radical (unpaired) electrons. The second-order valence-electron chi connectivity index (χ2n) is 6.89. The Morgan fingerprint density at radius 3 is 1.42 bits per heavy atom. The second kappa shape index (κ2) is 8.65. The van der Waals surface area contributed by atoms with E-state index >= 15 is 0 Å². The zero-order chi connectivity index (χ0) is 24.5. The summed E-state index contributed by atoms with van der Waals surface area (Å²) in [6.07, 6.45) is -10.8. The van der Waals surface area contributed by atoms with Crippen LogP contribution in [0.25, 0.3) is 0 Å². The summed E-state index contributed by atoms with van der Waals surface area (Å²) in [7, 11) is -5.19. The normalized spacial score (nSPS) is 16.7. The van der Waals surface area contributed by atoms with E-state index in [1.165, 1.54) is 0 Å². The maximum Gasteiger partial charge on any atom is 0.429 e. The smallest absolute Gasteiger partial charge is 0.429 e. The summed E-state index contributed by atoms with van der Waals surface area (Å²) in [5.41, 5.74) is -7.38. The number of carbonyl (C=O) groups excluding carboxylic acids is 2. The zero-order valence-corrected chi connectivity index (χ0v) is 17.1. The molecule has 0 aliphatic heterocycles. The van der Waals surface area contributed by atoms with Gasteiger partial charge in [0.1, 0.15) is 5.75 Å². The van der Waals surface area contributed by atoms with Gasteiger partial charge in [-0.15, -0.1) is 0 Å². The molecule has 0 saturated carbocycles. The average molecular weight is 480 g/mol. The Hall–Kier alpha value is -2.35. The molecule has 1 aromatic rings. The zero-order valence-electron chi connectivity index (χ0n) is 16.3. The second-order valence-corrected chi connectivity index (χ2v) is 8.35. The van der Waals surface area contributed by atoms with Crippen LogP contribution in [-0.2, 0) is 19.6 Å². The fraction of sp³-hybridized carbons (Fsp3) is 0.529. The molecule has 0 aliphatic carbocycles. The van der Waals surface area contributed by atoms with Gasteiger partial charge in [-0.1, -0.05) is 6.92 Å². The first-order valence-corrected chi connectivity index (χ1v) is 10.0. The SMILES string of the molecule is CCC(C)(OC(=O)c1ccc(C(=O)OC(C)(CS(=O)(=O)O)C(F)(F)F)cc1)C(F)(F)F. The van der Waals surface area contributed by atoms with Crippen LogP contribution in [0.4, 0.5) is 26.3 Å². The lowest BCUT2D eigenvalue weighted by Gasteiger charge is -2.30. The van der Waals surface area contributed by atoms with Gasteiger partial charge in [-0.2, -0.15) is 34.8 Å². The number of carbonyl (C=O) groups is 2. The van der Waals surface area contributed by atoms with Gasteiger partial charge < -0.3 is 9.47 Å². The highest BCUT2D eigenvalue weighted by Gasteiger charge is 2.57. The van der Waals surface area contributed by atoms with E-state index in [9.17, 15) is 44.3 Å². The van der Waals surface area contributed by atoms with Crippen LogP contribution in [0.15, 0.2) is 24.3 Å². The monoisotopic (exact) mass is 480 g/mol. The van der Waals surface area contributed by atoms with Crippen LogP contribution < -0.4 is 0 Å². The third kappa shape index (κ3) is 6.56. The third-order valence-corrected chi connectivity index (χ3v) is 5.24. The van der Waals surface area contributed by atoms with Crippen molar-refractivity contribution in [2.45, 2.75) is 50.7 Å². The van der Waals surface area contributed by atoms with Crippen molar-refractivity contribution in [3.8, 4) is 0 Å². The molecule has 31 heavy (non-hydrogen) atoms. The molecule has 1 rings (SSSR count). The van der Waals surface area contributed by atoms with Gasteiger partial charge in [0, 0.05) is 0 Å². The molecule has 1 N–H and O–H groups in total. The first-order valence-electron chi connectivity index (χ1n) is 8.40. The van der Waals surface area contributed by atoms with E-state index in [4.69, 9.17) is 4.55 Å². The lowest BCUT2D eigenvalue weighted by atomic mass is 10.0. The minimum absolute atomic E-state index is 0.229. The highest BCUT2D eigenvalue weighted by atomic mass is 32.2. The maximum atomic E-state index is 13.2. The number of ether oxygens (including phenoxy) is 2. The summed E-state index contributed by atoms with van der Waals surface area (Å²) in [6.45, 7) is 2.03. The quantitative estimate of drug-likeness (QED) is 0.358. The molecule has 1 aromatic carbocycles. The highest BCUT2D eigenvalue weighted by Crippen LogP contribution is 2.37. The molecule has 0 aromatic heterocycles. The number of rotatable bonds is 7. The Morgan fingerprint density at radius 2 is 1.16 bits per heavy atom. The van der Waals surface area contributed by atoms with Crippen molar-refractivity contribution in [2.75, 3.05) is 5.75 Å². The van der Waals surface area contributed by atoms with E-state index in [0.717, 1.165) is 31.2 Å². The topological polar surface area (TPSA) is 107 Å². The number of hydrogen-bond acceptors (Lipinski definition) is 6. The van der Waals surface area contributed by atoms with Crippen LogP contribution in [-0.4, -0.2) is 54.2 Å². The van der Waals surface area contributed by atoms with Crippen molar-refractivity contribution in [2.24, 2.45) is 0 Å². The molecule has 0 fully saturated rings. The van der Waals surface area contributed by atoms with E-state index in [1.54, 1.807) is 0 Å². The van der Waals surface area contributed by atoms with E-state index in [1.807, 2.05) is 0 Å². The van der Waals surface area contributed by atoms with Gasteiger partial charge in [0.05, 0.1) is 11.1 Å². The Kier molecular flexibility index (Phi) is 7.45. The van der Waals surface area contributed by atoms with Crippen LogP contribution in [0.3, 0.4) is 0 Å². The third-order valence-electron chi connectivity index (χ3n) is 4.32. The molecule has 0 aliphatic rings. The summed E-state index contributed by atoms with van der Waals surface area (Å²) in [6, 6.07) is 3.19. The van der Waals surface area contributed by atoms with Crippen molar-refractivity contribution in [3.63, 3.8) is 0 Å². The van der Waals surface area contributed by atoms with Crippen LogP contribution in [0.1, 0.15) is 47.9 Å². The molecular weight excluding hydrogens is 462 g/mol. The summed E-state index contributed by atoms with van der Waals surface area (Å²) in [5.74, 6) is -5.02. The lowest BCUT2D eigenvalue weighted by Crippen LogP contribution is -2.51. The predicted molar refractivity (Wildman–Crippen MR) is 92.9 cm³/mol. The molecule has 0 heterocycles. The molecule has 14 heteroatoms. The van der Waals surface area contributed by atoms with Gasteiger partial charge in [0.15, 0.2) is 0 Å². The Bertz CT molecular complexity index is 924. The number of hydrogen-bond donors (Lipinski definition) is 1. The summed E-state index contributed by atoms with van der Waals surface area (Å²) in [5, 5.41) is 0. The van der Waals surface area contributed by atoms with Crippen molar-refractivity contribution < 1.29 is 58.4 Å². The molecule has 0 amide bonds. The molecule has 176 valence electrons. The molecule has 2 atom stereocenters. The van der Waals surface area contributed by atoms with E-state index in [0.29, 0.717) is 6.92 Å². The van der Waals surface area contributed by atoms with Crippen molar-refractivity contribution in [1.82, 2.24) is 0 Å². The van der Waals surface area contributed by atoms with Crippen molar-refractivity contribution in [3.05, 3.63) is 35.4 Å². The van der Waals surface area contributed by atoms with Gasteiger partial charge in [-0.25, -0.2) is 9.59 Å². The van der Waals surface area contributed by atoms with Gasteiger partial charge in [-0.05, 0) is 44.5 Å². The fourth-order valence-corrected chi connectivity index (χ4v) is 3.04. The van der Waals surface area contributed by atoms with Crippen molar-refractivity contribution in [1.29, 1.82) is 0 Å². The molecule has 2 unspecified atom stereocenters. The standard InChI is InChI=1S/C17H18F6O7S/c1-4-14(2,16(18,19)20)29-12(24)10-5-7-11(8-6-10)13(25)30-15(3,17(21,22)23)9-31(26,27)28/h5-8H,4,9H2,1-3H3,(H,26,27,28). The first kappa shape index (κ1) is 26.7. The van der Waals surface area contributed by atoms with Crippen LogP contribution in [0.5, 0.6) is 0 Å². The van der Waals surface area contributed by atoms with Crippen LogP contribution in [0, 0.1) is 0 Å². The minimum atomic E-state index is -5.37. The summed E-state index contributed by atoms with van der Waals surface area (Å²) in [4.78, 5) is 24.0. The maximum absolute atomic E-state index is 13.2. The number of halogens is 6. The lowest BCUT2D eigenvalue weighted by molar-refractivity contribution is -0.252. The van der Waals surface area contributed by atoms with Gasteiger partial charge in [0.25, 0.3) is 10.1 Å². The van der Waals surface area contributed by atoms with Crippen molar-refractivity contribution >= 4 is 22.1 Å². The van der Waals surface area contributed by atoms with Gasteiger partial charge in [0.2, 0.25) is 11.2 Å². The van der Waals surface area contributed by atoms with E-state index in [-0.39, 0.29) is 6.92 Å². The van der Waals surface area contributed by atoms with Crippen LogP contribution >= 0.6 is 0 Å². The number of benzene rings is 1. The molecule has 0 spiro atoms. The van der Waals surface area contributed by atoms with E-state index < -0.39 is 68.9 Å². The summed E-state index contributed by atoms with van der Waals surface area (Å²) < 4.78 is 118. The Balaban J connectivity index is 3.07. The molecule has 0 saturated heterocycles. The predicted octanol–water partition coefficient (Wildman–Crippen LogP) is 3.94.